The van der Waals surface area contributed by atoms with Gasteiger partial charge in [-0.15, -0.1) is 34.9 Å². The number of halogens is 1. The largest absolute Gasteiger partial charge is 0.132 e. The average molecular weight is 314 g/mol. The summed E-state index contributed by atoms with van der Waals surface area (Å²) in [4.78, 5) is 4.60. The van der Waals surface area contributed by atoms with Crippen LogP contribution in [-0.2, 0) is 0 Å². The minimum absolute atomic E-state index is 1.28. The normalized spacial score (nSPS) is 16.5. The quantitative estimate of drug-likeness (QED) is 0.667. The maximum Gasteiger partial charge on any atom is 0.0803 e. The van der Waals surface area contributed by atoms with E-state index in [0.29, 0.717) is 0 Å². The lowest BCUT2D eigenvalue weighted by atomic mass is 10.5. The Balaban J connectivity index is 2.52. The fraction of sp³-hybridized carbons (Fsp3) is 0.429. The Morgan fingerprint density at radius 2 is 1.82 bits per heavy atom. The molecule has 0 unspecified atom stereocenters. The molecule has 1 aromatic heterocycles. The summed E-state index contributed by atoms with van der Waals surface area (Å²) in [5.74, 6) is 2.56. The van der Waals surface area contributed by atoms with Crippen molar-refractivity contribution in [2.24, 2.45) is 0 Å². The van der Waals surface area contributed by atoms with E-state index in [0.717, 1.165) is 0 Å². The summed E-state index contributed by atoms with van der Waals surface area (Å²) in [5.41, 5.74) is 0. The van der Waals surface area contributed by atoms with Gasteiger partial charge in [0.1, 0.15) is 0 Å². The van der Waals surface area contributed by atoms with Crippen LogP contribution in [0.1, 0.15) is 4.88 Å². The van der Waals surface area contributed by atoms with Gasteiger partial charge in [0.2, 0.25) is 0 Å². The highest BCUT2D eigenvalue weighted by Gasteiger charge is 2.18. The Morgan fingerprint density at radius 3 is 2.45 bits per heavy atom. The standard InChI is InChI=1S/C7H7IS3/c1-4-5-6(7(8)11-4)10-3-2-9-5/h2-3H2,1H3. The first-order chi connectivity index (χ1) is 5.29. The lowest BCUT2D eigenvalue weighted by molar-refractivity contribution is 1.22. The van der Waals surface area contributed by atoms with E-state index in [4.69, 9.17) is 0 Å². The van der Waals surface area contributed by atoms with Gasteiger partial charge in [-0.1, -0.05) is 0 Å². The van der Waals surface area contributed by atoms with Crippen LogP contribution in [-0.4, -0.2) is 11.5 Å². The zero-order valence-electron chi connectivity index (χ0n) is 6.02. The molecule has 2 rings (SSSR count). The molecular weight excluding hydrogens is 307 g/mol. The van der Waals surface area contributed by atoms with E-state index in [-0.39, 0.29) is 0 Å². The van der Waals surface area contributed by atoms with E-state index in [1.165, 1.54) is 19.3 Å². The molecular formula is C7H7IS3. The predicted molar refractivity (Wildman–Crippen MR) is 63.2 cm³/mol. The van der Waals surface area contributed by atoms with E-state index >= 15 is 0 Å². The maximum absolute atomic E-state index is 2.45. The molecule has 0 fully saturated rings. The molecule has 4 heteroatoms. The van der Waals surface area contributed by atoms with Crippen LogP contribution in [0.2, 0.25) is 0 Å². The molecule has 0 spiro atoms. The summed E-state index contributed by atoms with van der Waals surface area (Å²) >= 11 is 8.42. The molecule has 1 aromatic rings. The third-order valence-electron chi connectivity index (χ3n) is 1.52. The lowest BCUT2D eigenvalue weighted by Crippen LogP contribution is -1.92. The minimum atomic E-state index is 1.28. The van der Waals surface area contributed by atoms with Crippen molar-refractivity contribution in [3.8, 4) is 0 Å². The van der Waals surface area contributed by atoms with Gasteiger partial charge in [-0.3, -0.25) is 0 Å². The topological polar surface area (TPSA) is 0 Å². The van der Waals surface area contributed by atoms with Crippen LogP contribution < -0.4 is 0 Å². The van der Waals surface area contributed by atoms with Gasteiger partial charge in [-0.2, -0.15) is 0 Å². The van der Waals surface area contributed by atoms with Crippen molar-refractivity contribution in [3.05, 3.63) is 7.76 Å². The molecule has 0 saturated carbocycles. The van der Waals surface area contributed by atoms with Gasteiger partial charge in [0.25, 0.3) is 0 Å². The van der Waals surface area contributed by atoms with E-state index in [2.05, 4.69) is 29.5 Å². The van der Waals surface area contributed by atoms with Crippen molar-refractivity contribution >= 4 is 57.5 Å². The molecule has 0 bridgehead atoms. The lowest BCUT2D eigenvalue weighted by Gasteiger charge is -2.10. The van der Waals surface area contributed by atoms with Crippen LogP contribution in [0.25, 0.3) is 0 Å². The Labute approximate surface area is 92.7 Å². The number of hydrogen-bond donors (Lipinski definition) is 0. The third-order valence-corrected chi connectivity index (χ3v) is 6.94. The van der Waals surface area contributed by atoms with E-state index < -0.39 is 0 Å². The van der Waals surface area contributed by atoms with Crippen molar-refractivity contribution in [2.45, 2.75) is 16.7 Å². The molecule has 1 aliphatic heterocycles. The Hall–Kier alpha value is 1.13. The van der Waals surface area contributed by atoms with Crippen LogP contribution in [0.5, 0.6) is 0 Å². The molecule has 0 atom stereocenters. The summed E-state index contributed by atoms with van der Waals surface area (Å²) in [5, 5.41) is 0. The van der Waals surface area contributed by atoms with Gasteiger partial charge in [0, 0.05) is 26.2 Å². The highest BCUT2D eigenvalue weighted by molar-refractivity contribution is 14.1. The average Bonchev–Trinajstić information content (AvgIpc) is 2.30. The van der Waals surface area contributed by atoms with Crippen molar-refractivity contribution in [3.63, 3.8) is 0 Å². The van der Waals surface area contributed by atoms with Crippen LogP contribution in [0, 0.1) is 9.81 Å². The Kier molecular flexibility index (Phi) is 2.75. The molecule has 1 aliphatic rings. The fourth-order valence-corrected chi connectivity index (χ4v) is 6.62. The molecule has 60 valence electrons. The molecule has 0 amide bonds. The van der Waals surface area contributed by atoms with Gasteiger partial charge < -0.3 is 0 Å². The second-order valence-electron chi connectivity index (χ2n) is 2.29. The number of thiophene rings is 1. The summed E-state index contributed by atoms with van der Waals surface area (Å²) in [6.07, 6.45) is 0. The number of aryl methyl sites for hydroxylation is 1. The summed E-state index contributed by atoms with van der Waals surface area (Å²) in [6, 6.07) is 0. The molecule has 0 nitrogen and oxygen atoms in total. The second-order valence-corrected chi connectivity index (χ2v) is 7.53. The summed E-state index contributed by atoms with van der Waals surface area (Å²) < 4.78 is 1.48. The van der Waals surface area contributed by atoms with E-state index in [1.54, 1.807) is 9.79 Å². The van der Waals surface area contributed by atoms with Crippen molar-refractivity contribution in [1.82, 2.24) is 0 Å². The fourth-order valence-electron chi connectivity index (χ4n) is 1.05. The number of fused-ring (bicyclic) bond motifs is 1. The zero-order chi connectivity index (χ0) is 7.84. The van der Waals surface area contributed by atoms with Gasteiger partial charge in [0.05, 0.1) is 2.88 Å². The molecule has 11 heavy (non-hydrogen) atoms. The first-order valence-corrected chi connectivity index (χ1v) is 7.20. The smallest absolute Gasteiger partial charge is 0.0803 e. The van der Waals surface area contributed by atoms with Crippen LogP contribution >= 0.6 is 57.5 Å². The minimum Gasteiger partial charge on any atom is -0.132 e. The molecule has 0 N–H and O–H groups in total. The number of thioether (sulfide) groups is 2. The SMILES string of the molecule is Cc1sc(I)c2c1SCCS2. The Bertz CT molecular complexity index is 253. The number of rotatable bonds is 0. The van der Waals surface area contributed by atoms with Crippen molar-refractivity contribution in [1.29, 1.82) is 0 Å². The highest BCUT2D eigenvalue weighted by atomic mass is 127. The molecule has 0 aromatic carbocycles. The van der Waals surface area contributed by atoms with Crippen molar-refractivity contribution < 1.29 is 0 Å². The first kappa shape index (κ1) is 8.72. The molecule has 0 radical (unpaired) electrons. The zero-order valence-corrected chi connectivity index (χ0v) is 10.6. The van der Waals surface area contributed by atoms with E-state index in [1.807, 2.05) is 34.9 Å². The van der Waals surface area contributed by atoms with Gasteiger partial charge >= 0.3 is 0 Å². The van der Waals surface area contributed by atoms with Crippen LogP contribution in [0.15, 0.2) is 9.79 Å². The van der Waals surface area contributed by atoms with Crippen molar-refractivity contribution in [2.75, 3.05) is 11.5 Å². The maximum atomic E-state index is 2.45. The second kappa shape index (κ2) is 3.47. The summed E-state index contributed by atoms with van der Waals surface area (Å²) in [7, 11) is 0. The highest BCUT2D eigenvalue weighted by Crippen LogP contribution is 2.45. The Morgan fingerprint density at radius 1 is 1.18 bits per heavy atom. The summed E-state index contributed by atoms with van der Waals surface area (Å²) in [6.45, 7) is 2.23. The van der Waals surface area contributed by atoms with Gasteiger partial charge in [-0.25, -0.2) is 0 Å². The van der Waals surface area contributed by atoms with Crippen LogP contribution in [0.3, 0.4) is 0 Å². The predicted octanol–water partition coefficient (Wildman–Crippen LogP) is 3.86. The number of hydrogen-bond acceptors (Lipinski definition) is 3. The van der Waals surface area contributed by atoms with Crippen LogP contribution in [0.4, 0.5) is 0 Å². The molecule has 0 aliphatic carbocycles. The van der Waals surface area contributed by atoms with Gasteiger partial charge in [-0.05, 0) is 29.5 Å². The molecule has 2 heterocycles. The monoisotopic (exact) mass is 314 g/mol. The first-order valence-electron chi connectivity index (χ1n) is 3.33. The van der Waals surface area contributed by atoms with Gasteiger partial charge in [0.15, 0.2) is 0 Å². The van der Waals surface area contributed by atoms with E-state index in [9.17, 15) is 0 Å². The third kappa shape index (κ3) is 1.59. The molecule has 0 saturated heterocycles.